The summed E-state index contributed by atoms with van der Waals surface area (Å²) in [6.07, 6.45) is 0. The molecule has 50 valence electrons. The Morgan fingerprint density at radius 2 is 1.55 bits per heavy atom. The van der Waals surface area contributed by atoms with E-state index in [1.807, 2.05) is 25.1 Å². The van der Waals surface area contributed by atoms with E-state index in [1.165, 1.54) is 5.56 Å². The van der Waals surface area contributed by atoms with Crippen molar-refractivity contribution >= 4 is 108 Å². The van der Waals surface area contributed by atoms with Crippen LogP contribution in [0.5, 0.6) is 0 Å². The van der Waals surface area contributed by atoms with E-state index < -0.39 is 0 Å². The minimum absolute atomic E-state index is 0. The van der Waals surface area contributed by atoms with Crippen molar-refractivity contribution in [3.8, 4) is 0 Å². The predicted molar refractivity (Wildman–Crippen MR) is 55.4 cm³/mol. The van der Waals surface area contributed by atoms with Gasteiger partial charge in [-0.15, -0.1) is 0 Å². The topological polar surface area (TPSA) is 0 Å². The third kappa shape index (κ3) is 6.32. The van der Waals surface area contributed by atoms with Crippen molar-refractivity contribution in [1.82, 2.24) is 0 Å². The first-order chi connectivity index (χ1) is 4.30. The molecule has 0 amide bonds. The normalized spacial score (nSPS) is 7.36. The quantitative estimate of drug-likeness (QED) is 0.599. The molecular formula is C9H12K2. The molecule has 0 fully saturated rings. The van der Waals surface area contributed by atoms with Crippen molar-refractivity contribution in [3.63, 3.8) is 0 Å². The summed E-state index contributed by atoms with van der Waals surface area (Å²) >= 11 is 0. The Morgan fingerprint density at radius 3 is 1.82 bits per heavy atom. The summed E-state index contributed by atoms with van der Waals surface area (Å²) in [7, 11) is 0. The first-order valence-electron chi connectivity index (χ1n) is 3.01. The molecule has 0 heterocycles. The molecule has 0 nitrogen and oxygen atoms in total. The van der Waals surface area contributed by atoms with Gasteiger partial charge in [-0.3, -0.25) is 0 Å². The molecule has 0 aliphatic heterocycles. The monoisotopic (exact) mass is 198 g/mol. The number of benzene rings is 1. The molecule has 2 heteroatoms. The summed E-state index contributed by atoms with van der Waals surface area (Å²) < 4.78 is 0. The number of hydrogen-bond donors (Lipinski definition) is 0. The molecule has 0 spiro atoms. The van der Waals surface area contributed by atoms with Gasteiger partial charge in [-0.1, -0.05) is 42.5 Å². The van der Waals surface area contributed by atoms with E-state index in [2.05, 4.69) is 18.7 Å². The molecule has 0 radical (unpaired) electrons. The molecule has 0 saturated heterocycles. The molecule has 11 heavy (non-hydrogen) atoms. The molecular weight excluding hydrogens is 186 g/mol. The summed E-state index contributed by atoms with van der Waals surface area (Å²) in [5, 5.41) is 0. The van der Waals surface area contributed by atoms with Gasteiger partial charge in [-0.05, 0) is 12.5 Å². The summed E-state index contributed by atoms with van der Waals surface area (Å²) in [5.41, 5.74) is 2.34. The number of allylic oxidation sites excluding steroid dienone is 1. The summed E-state index contributed by atoms with van der Waals surface area (Å²) in [5.74, 6) is 0. The maximum atomic E-state index is 3.83. The van der Waals surface area contributed by atoms with Crippen LogP contribution in [0.1, 0.15) is 12.5 Å². The van der Waals surface area contributed by atoms with Gasteiger partial charge < -0.3 is 0 Å². The predicted octanol–water partition coefficient (Wildman–Crippen LogP) is 1.42. The molecule has 0 atom stereocenters. The zero-order valence-electron chi connectivity index (χ0n) is 5.59. The fraction of sp³-hybridized carbons (Fsp3) is 0.111. The molecule has 0 aliphatic rings. The summed E-state index contributed by atoms with van der Waals surface area (Å²) in [6, 6.07) is 10.2. The van der Waals surface area contributed by atoms with E-state index in [0.717, 1.165) is 5.57 Å². The Morgan fingerprint density at radius 1 is 1.09 bits per heavy atom. The van der Waals surface area contributed by atoms with Crippen LogP contribution in [0.4, 0.5) is 0 Å². The van der Waals surface area contributed by atoms with Crippen LogP contribution in [0.3, 0.4) is 0 Å². The summed E-state index contributed by atoms with van der Waals surface area (Å²) in [6.45, 7) is 5.83. The molecule has 0 N–H and O–H groups in total. The van der Waals surface area contributed by atoms with Crippen molar-refractivity contribution in [2.45, 2.75) is 6.92 Å². The average molecular weight is 198 g/mol. The third-order valence-corrected chi connectivity index (χ3v) is 1.27. The second-order valence-electron chi connectivity index (χ2n) is 2.15. The third-order valence-electron chi connectivity index (χ3n) is 1.27. The molecule has 1 aromatic carbocycles. The van der Waals surface area contributed by atoms with Crippen LogP contribution >= 0.6 is 0 Å². The van der Waals surface area contributed by atoms with Gasteiger partial charge in [0.1, 0.15) is 0 Å². The van der Waals surface area contributed by atoms with E-state index in [9.17, 15) is 0 Å². The van der Waals surface area contributed by atoms with Crippen molar-refractivity contribution in [1.29, 1.82) is 0 Å². The molecule has 0 bridgehead atoms. The molecule has 0 aromatic heterocycles. The van der Waals surface area contributed by atoms with Crippen LogP contribution in [0.25, 0.3) is 5.57 Å². The fourth-order valence-electron chi connectivity index (χ4n) is 0.723. The van der Waals surface area contributed by atoms with Crippen LogP contribution in [0.15, 0.2) is 36.9 Å². The van der Waals surface area contributed by atoms with Crippen molar-refractivity contribution < 1.29 is 0 Å². The van der Waals surface area contributed by atoms with Gasteiger partial charge in [0.15, 0.2) is 0 Å². The van der Waals surface area contributed by atoms with E-state index in [1.54, 1.807) is 0 Å². The van der Waals surface area contributed by atoms with Gasteiger partial charge in [0.2, 0.25) is 0 Å². The van der Waals surface area contributed by atoms with Crippen LogP contribution in [0, 0.1) is 0 Å². The maximum absolute atomic E-state index is 3.83. The standard InChI is InChI=1S/C9H10.2K.2H/c1-8(2)9-6-4-3-5-7-9;;;;/h3-7H,1H2,2H3;;;;. The zero-order chi connectivity index (χ0) is 6.69. The number of hydrogen-bond acceptors (Lipinski definition) is 0. The molecule has 1 aromatic rings. The first kappa shape index (κ1) is 15.7. The van der Waals surface area contributed by atoms with Crippen LogP contribution in [-0.2, 0) is 0 Å². The second kappa shape index (κ2) is 8.81. The zero-order valence-corrected chi connectivity index (χ0v) is 5.59. The minimum atomic E-state index is 0. The Balaban J connectivity index is 0. The van der Waals surface area contributed by atoms with Crippen molar-refractivity contribution in [2.75, 3.05) is 0 Å². The fourth-order valence-corrected chi connectivity index (χ4v) is 0.723. The average Bonchev–Trinajstić information content (AvgIpc) is 1.90. The van der Waals surface area contributed by atoms with Gasteiger partial charge >= 0.3 is 103 Å². The molecule has 0 unspecified atom stereocenters. The van der Waals surface area contributed by atoms with Crippen LogP contribution in [0.2, 0.25) is 0 Å². The van der Waals surface area contributed by atoms with E-state index in [-0.39, 0.29) is 103 Å². The molecule has 0 aliphatic carbocycles. The van der Waals surface area contributed by atoms with Gasteiger partial charge in [0.25, 0.3) is 0 Å². The van der Waals surface area contributed by atoms with Crippen LogP contribution in [-0.4, -0.2) is 103 Å². The summed E-state index contributed by atoms with van der Waals surface area (Å²) in [4.78, 5) is 0. The van der Waals surface area contributed by atoms with E-state index in [4.69, 9.17) is 0 Å². The second-order valence-corrected chi connectivity index (χ2v) is 2.15. The van der Waals surface area contributed by atoms with Crippen molar-refractivity contribution in [3.05, 3.63) is 42.5 Å². The van der Waals surface area contributed by atoms with Gasteiger partial charge in [0.05, 0.1) is 0 Å². The Kier molecular flexibility index (Phi) is 12.6. The van der Waals surface area contributed by atoms with Gasteiger partial charge in [-0.2, -0.15) is 0 Å². The van der Waals surface area contributed by atoms with E-state index in [0.29, 0.717) is 0 Å². The SMILES string of the molecule is C=C(C)c1ccccc1.[KH].[KH]. The van der Waals surface area contributed by atoms with E-state index >= 15 is 0 Å². The van der Waals surface area contributed by atoms with Crippen LogP contribution < -0.4 is 0 Å². The Labute approximate surface area is 154 Å². The van der Waals surface area contributed by atoms with Gasteiger partial charge in [-0.25, -0.2) is 0 Å². The van der Waals surface area contributed by atoms with Gasteiger partial charge in [0, 0.05) is 0 Å². The Bertz CT molecular complexity index is 204. The molecule has 0 saturated carbocycles. The first-order valence-corrected chi connectivity index (χ1v) is 3.01. The number of rotatable bonds is 1. The Hall–Kier alpha value is 2.23. The van der Waals surface area contributed by atoms with Crippen molar-refractivity contribution in [2.24, 2.45) is 0 Å². The molecule has 1 rings (SSSR count).